The Morgan fingerprint density at radius 3 is 2.88 bits per heavy atom. The van der Waals surface area contributed by atoms with Crippen LogP contribution in [-0.2, 0) is 19.7 Å². The summed E-state index contributed by atoms with van der Waals surface area (Å²) in [6.45, 7) is 2.42. The second-order valence-electron chi connectivity index (χ2n) is 1.72. The van der Waals surface area contributed by atoms with E-state index in [2.05, 4.69) is 4.18 Å². The Hall–Kier alpha value is 0.0700. The van der Waals surface area contributed by atoms with E-state index in [1.54, 1.807) is 0 Å². The topological polar surface area (TPSA) is 35.5 Å². The van der Waals surface area contributed by atoms with Crippen molar-refractivity contribution in [1.29, 1.82) is 0 Å². The fourth-order valence-electron chi connectivity index (χ4n) is 0.492. The van der Waals surface area contributed by atoms with Crippen LogP contribution >= 0.6 is 0 Å². The Bertz CT molecular complexity index is 103. The molecule has 8 heavy (non-hydrogen) atoms. The molecular formula is C4H8O3S. The Morgan fingerprint density at radius 1 is 1.75 bits per heavy atom. The van der Waals surface area contributed by atoms with Gasteiger partial charge in [-0.25, -0.2) is 0 Å². The molecule has 0 N–H and O–H groups in total. The van der Waals surface area contributed by atoms with E-state index in [0.717, 1.165) is 6.42 Å². The third kappa shape index (κ3) is 1.54. The Labute approximate surface area is 50.8 Å². The average molecular weight is 136 g/mol. The second kappa shape index (κ2) is 2.57. The first-order valence-electron chi connectivity index (χ1n) is 2.51. The normalized spacial score (nSPS) is 39.6. The standard InChI is InChI=1S/C4H8O3S/c1-4-2-3-6-8(5)7-4/h4H,2-3H2,1H3/t4-,8-/m1/s1. The summed E-state index contributed by atoms with van der Waals surface area (Å²) in [5, 5.41) is 0. The molecule has 1 heterocycles. The maximum Gasteiger partial charge on any atom is 0.304 e. The van der Waals surface area contributed by atoms with Gasteiger partial charge in [0.15, 0.2) is 0 Å². The molecule has 48 valence electrons. The first-order valence-corrected chi connectivity index (χ1v) is 3.51. The van der Waals surface area contributed by atoms with Gasteiger partial charge in [0, 0.05) is 0 Å². The summed E-state index contributed by atoms with van der Waals surface area (Å²) in [6, 6.07) is 0. The van der Waals surface area contributed by atoms with Crippen LogP contribution < -0.4 is 0 Å². The van der Waals surface area contributed by atoms with E-state index < -0.39 is 11.4 Å². The Kier molecular flexibility index (Phi) is 1.99. The molecule has 3 nitrogen and oxygen atoms in total. The molecule has 0 radical (unpaired) electrons. The van der Waals surface area contributed by atoms with E-state index in [0.29, 0.717) is 6.61 Å². The highest BCUT2D eigenvalue weighted by atomic mass is 32.2. The molecular weight excluding hydrogens is 128 g/mol. The molecule has 1 rings (SSSR count). The zero-order valence-corrected chi connectivity index (χ0v) is 5.44. The van der Waals surface area contributed by atoms with Crippen molar-refractivity contribution in [1.82, 2.24) is 0 Å². The maximum absolute atomic E-state index is 10.3. The van der Waals surface area contributed by atoms with Gasteiger partial charge in [-0.2, -0.15) is 4.21 Å². The van der Waals surface area contributed by atoms with Gasteiger partial charge in [0.2, 0.25) is 0 Å². The van der Waals surface area contributed by atoms with E-state index in [-0.39, 0.29) is 6.10 Å². The van der Waals surface area contributed by atoms with Crippen molar-refractivity contribution in [2.24, 2.45) is 0 Å². The average Bonchev–Trinajstić information content (AvgIpc) is 1.64. The van der Waals surface area contributed by atoms with Crippen molar-refractivity contribution in [2.45, 2.75) is 19.4 Å². The molecule has 0 spiro atoms. The van der Waals surface area contributed by atoms with Crippen LogP contribution in [0, 0.1) is 0 Å². The molecule has 0 amide bonds. The molecule has 1 aliphatic heterocycles. The van der Waals surface area contributed by atoms with Crippen molar-refractivity contribution >= 4 is 11.4 Å². The molecule has 1 saturated heterocycles. The fraction of sp³-hybridized carbons (Fsp3) is 1.00. The van der Waals surface area contributed by atoms with Crippen molar-refractivity contribution in [2.75, 3.05) is 6.61 Å². The minimum Gasteiger partial charge on any atom is -0.268 e. The van der Waals surface area contributed by atoms with E-state index >= 15 is 0 Å². The highest BCUT2D eigenvalue weighted by molar-refractivity contribution is 7.75. The molecule has 4 heteroatoms. The zero-order valence-electron chi connectivity index (χ0n) is 4.62. The molecule has 1 fully saturated rings. The maximum atomic E-state index is 10.3. The summed E-state index contributed by atoms with van der Waals surface area (Å²) in [6.07, 6.45) is 0.927. The van der Waals surface area contributed by atoms with Crippen molar-refractivity contribution < 1.29 is 12.6 Å². The van der Waals surface area contributed by atoms with E-state index in [4.69, 9.17) is 4.18 Å². The minimum atomic E-state index is -1.47. The van der Waals surface area contributed by atoms with E-state index in [1.165, 1.54) is 0 Å². The lowest BCUT2D eigenvalue weighted by molar-refractivity contribution is 0.125. The predicted molar refractivity (Wildman–Crippen MR) is 29.3 cm³/mol. The molecule has 2 atom stereocenters. The third-order valence-electron chi connectivity index (χ3n) is 0.947. The summed E-state index contributed by atoms with van der Waals surface area (Å²) < 4.78 is 19.7. The van der Waals surface area contributed by atoms with Crippen LogP contribution in [-0.4, -0.2) is 16.9 Å². The van der Waals surface area contributed by atoms with Gasteiger partial charge in [-0.1, -0.05) is 0 Å². The highest BCUT2D eigenvalue weighted by Crippen LogP contribution is 2.08. The lowest BCUT2D eigenvalue weighted by Gasteiger charge is -2.15. The van der Waals surface area contributed by atoms with Crippen LogP contribution in [0.25, 0.3) is 0 Å². The molecule has 0 saturated carbocycles. The largest absolute Gasteiger partial charge is 0.304 e. The summed E-state index contributed by atoms with van der Waals surface area (Å²) >= 11 is -1.47. The van der Waals surface area contributed by atoms with Crippen molar-refractivity contribution in [3.8, 4) is 0 Å². The van der Waals surface area contributed by atoms with Gasteiger partial charge in [-0.3, -0.25) is 8.37 Å². The highest BCUT2D eigenvalue weighted by Gasteiger charge is 2.14. The van der Waals surface area contributed by atoms with Crippen molar-refractivity contribution in [3.63, 3.8) is 0 Å². The van der Waals surface area contributed by atoms with Crippen LogP contribution in [0.5, 0.6) is 0 Å². The fourth-order valence-corrected chi connectivity index (χ4v) is 1.14. The van der Waals surface area contributed by atoms with Gasteiger partial charge in [-0.15, -0.1) is 0 Å². The van der Waals surface area contributed by atoms with Crippen LogP contribution in [0.1, 0.15) is 13.3 Å². The lowest BCUT2D eigenvalue weighted by Crippen LogP contribution is -2.21. The first-order chi connectivity index (χ1) is 3.79. The Balaban J connectivity index is 2.34. The van der Waals surface area contributed by atoms with Gasteiger partial charge in [0.25, 0.3) is 0 Å². The summed E-state index contributed by atoms with van der Waals surface area (Å²) in [7, 11) is 0. The Morgan fingerprint density at radius 2 is 2.50 bits per heavy atom. The summed E-state index contributed by atoms with van der Waals surface area (Å²) in [4.78, 5) is 0. The van der Waals surface area contributed by atoms with Gasteiger partial charge in [-0.05, 0) is 13.3 Å². The van der Waals surface area contributed by atoms with Crippen LogP contribution in [0.15, 0.2) is 0 Å². The number of hydrogen-bond acceptors (Lipinski definition) is 3. The van der Waals surface area contributed by atoms with Gasteiger partial charge in [0.05, 0.1) is 12.7 Å². The number of rotatable bonds is 0. The first kappa shape index (κ1) is 6.19. The molecule has 0 aromatic carbocycles. The summed E-state index contributed by atoms with van der Waals surface area (Å²) in [5.74, 6) is 0. The molecule has 1 aliphatic rings. The molecule has 0 aromatic heterocycles. The molecule has 0 aliphatic carbocycles. The second-order valence-corrected chi connectivity index (χ2v) is 2.56. The van der Waals surface area contributed by atoms with Gasteiger partial charge in [0.1, 0.15) is 0 Å². The monoisotopic (exact) mass is 136 g/mol. The van der Waals surface area contributed by atoms with E-state index in [9.17, 15) is 4.21 Å². The van der Waals surface area contributed by atoms with Crippen LogP contribution in [0.2, 0.25) is 0 Å². The zero-order chi connectivity index (χ0) is 5.98. The van der Waals surface area contributed by atoms with Gasteiger partial charge >= 0.3 is 11.4 Å². The summed E-state index contributed by atoms with van der Waals surface area (Å²) in [5.41, 5.74) is 0. The quantitative estimate of drug-likeness (QED) is 0.483. The third-order valence-corrected chi connectivity index (χ3v) is 1.79. The smallest absolute Gasteiger partial charge is 0.268 e. The lowest BCUT2D eigenvalue weighted by atomic mass is 10.3. The van der Waals surface area contributed by atoms with Crippen molar-refractivity contribution in [3.05, 3.63) is 0 Å². The van der Waals surface area contributed by atoms with Crippen LogP contribution in [0.4, 0.5) is 0 Å². The van der Waals surface area contributed by atoms with E-state index in [1.807, 2.05) is 6.92 Å². The molecule has 0 unspecified atom stereocenters. The molecule has 0 aromatic rings. The minimum absolute atomic E-state index is 0.0876. The van der Waals surface area contributed by atoms with Gasteiger partial charge < -0.3 is 0 Å². The predicted octanol–water partition coefficient (Wildman–Crippen LogP) is 0.391. The van der Waals surface area contributed by atoms with Crippen LogP contribution in [0.3, 0.4) is 0 Å². The number of hydrogen-bond donors (Lipinski definition) is 0. The SMILES string of the molecule is C[C@@H]1CCO[S@@](=O)O1. The molecule has 0 bridgehead atoms.